The average Bonchev–Trinajstić information content (AvgIpc) is 3.09. The van der Waals surface area contributed by atoms with Crippen molar-refractivity contribution < 1.29 is 9.59 Å². The van der Waals surface area contributed by atoms with E-state index in [0.717, 1.165) is 5.56 Å². The summed E-state index contributed by atoms with van der Waals surface area (Å²) in [7, 11) is 3.19. The van der Waals surface area contributed by atoms with Gasteiger partial charge in [-0.3, -0.25) is 9.59 Å². The Kier molecular flexibility index (Phi) is 4.35. The van der Waals surface area contributed by atoms with Gasteiger partial charge in [-0.05, 0) is 11.6 Å². The normalized spacial score (nSPS) is 19.4. The monoisotopic (exact) mass is 335 g/mol. The zero-order chi connectivity index (χ0) is 18.0. The highest BCUT2D eigenvalue weighted by molar-refractivity contribution is 6.07. The van der Waals surface area contributed by atoms with Crippen molar-refractivity contribution in [2.24, 2.45) is 0 Å². The topological polar surface area (TPSA) is 93.1 Å². The Hall–Kier alpha value is -3.40. The van der Waals surface area contributed by atoms with E-state index in [2.05, 4.69) is 9.97 Å². The number of nitriles is 1. The Bertz CT molecular complexity index is 878. The van der Waals surface area contributed by atoms with Gasteiger partial charge in [0.1, 0.15) is 17.8 Å². The van der Waals surface area contributed by atoms with Crippen LogP contribution in [-0.2, 0) is 16.0 Å². The second-order valence-electron chi connectivity index (χ2n) is 5.83. The minimum absolute atomic E-state index is 0.171. The van der Waals surface area contributed by atoms with Crippen LogP contribution in [0.3, 0.4) is 0 Å². The van der Waals surface area contributed by atoms with Gasteiger partial charge in [-0.1, -0.05) is 30.3 Å². The molecule has 1 aliphatic heterocycles. The molecule has 1 fully saturated rings. The number of H-pyrrole nitrogens is 1. The van der Waals surface area contributed by atoms with Gasteiger partial charge in [0, 0.05) is 20.5 Å². The third-order valence-electron chi connectivity index (χ3n) is 4.31. The minimum atomic E-state index is -0.561. The first-order valence-electron chi connectivity index (χ1n) is 7.76. The number of rotatable bonds is 3. The molecule has 7 nitrogen and oxygen atoms in total. The minimum Gasteiger partial charge on any atom is -0.344 e. The molecule has 1 aromatic carbocycles. The third kappa shape index (κ3) is 3.02. The van der Waals surface area contributed by atoms with E-state index in [0.29, 0.717) is 12.1 Å². The third-order valence-corrected chi connectivity index (χ3v) is 4.31. The number of piperazine rings is 1. The van der Waals surface area contributed by atoms with Gasteiger partial charge in [0.2, 0.25) is 5.91 Å². The van der Waals surface area contributed by atoms with Crippen molar-refractivity contribution in [3.63, 3.8) is 0 Å². The van der Waals surface area contributed by atoms with Crippen molar-refractivity contribution in [2.45, 2.75) is 12.5 Å². The Morgan fingerprint density at radius 1 is 1.28 bits per heavy atom. The first-order chi connectivity index (χ1) is 12.0. The summed E-state index contributed by atoms with van der Waals surface area (Å²) >= 11 is 0. The van der Waals surface area contributed by atoms with Crippen molar-refractivity contribution in [1.82, 2.24) is 19.8 Å². The maximum absolute atomic E-state index is 12.8. The summed E-state index contributed by atoms with van der Waals surface area (Å²) in [6.45, 7) is 0. The van der Waals surface area contributed by atoms with Gasteiger partial charge in [0.15, 0.2) is 5.69 Å². The maximum atomic E-state index is 12.8. The van der Waals surface area contributed by atoms with Crippen LogP contribution in [0.5, 0.6) is 0 Å². The molecule has 2 heterocycles. The van der Waals surface area contributed by atoms with Gasteiger partial charge in [-0.25, -0.2) is 4.98 Å². The van der Waals surface area contributed by atoms with E-state index in [1.165, 1.54) is 22.2 Å². The van der Waals surface area contributed by atoms with Gasteiger partial charge in [-0.2, -0.15) is 5.26 Å². The van der Waals surface area contributed by atoms with Crippen molar-refractivity contribution >= 4 is 17.9 Å². The van der Waals surface area contributed by atoms with E-state index in [-0.39, 0.29) is 23.2 Å². The van der Waals surface area contributed by atoms with Crippen molar-refractivity contribution in [3.05, 3.63) is 59.3 Å². The number of aromatic amines is 1. The summed E-state index contributed by atoms with van der Waals surface area (Å²) in [6.07, 6.45) is 3.32. The van der Waals surface area contributed by atoms with Gasteiger partial charge in [0.25, 0.3) is 5.91 Å². The van der Waals surface area contributed by atoms with Gasteiger partial charge >= 0.3 is 0 Å². The molecule has 0 saturated carbocycles. The summed E-state index contributed by atoms with van der Waals surface area (Å²) < 4.78 is 0. The second-order valence-corrected chi connectivity index (χ2v) is 5.83. The van der Waals surface area contributed by atoms with Crippen LogP contribution in [0.15, 0.2) is 42.4 Å². The second kappa shape index (κ2) is 6.61. The lowest BCUT2D eigenvalue weighted by molar-refractivity contribution is -0.148. The largest absolute Gasteiger partial charge is 0.344 e. The highest BCUT2D eigenvalue weighted by atomic mass is 16.2. The zero-order valence-corrected chi connectivity index (χ0v) is 13.9. The standard InChI is InChI=1S/C18H17N5O2/c1-22-15(8-12-6-4-3-5-7-12)17(24)23(2)16(18(22)25)9-13-14(10-19)21-11-20-13/h3-7,9,11,15H,8H2,1-2H3,(H,20,21). The fourth-order valence-electron chi connectivity index (χ4n) is 2.83. The van der Waals surface area contributed by atoms with Gasteiger partial charge in [0.05, 0.1) is 12.0 Å². The molecular formula is C18H17N5O2. The lowest BCUT2D eigenvalue weighted by atomic mass is 10.0. The number of likely N-dealkylation sites (N-methyl/N-ethyl adjacent to an activating group) is 2. The van der Waals surface area contributed by atoms with Crippen LogP contribution < -0.4 is 0 Å². The van der Waals surface area contributed by atoms with Crippen LogP contribution in [0.1, 0.15) is 17.0 Å². The van der Waals surface area contributed by atoms with E-state index in [1.54, 1.807) is 14.1 Å². The molecule has 1 atom stereocenters. The van der Waals surface area contributed by atoms with Crippen LogP contribution in [0.2, 0.25) is 0 Å². The molecule has 3 rings (SSSR count). The van der Waals surface area contributed by atoms with Crippen molar-refractivity contribution in [1.29, 1.82) is 5.26 Å². The number of amides is 2. The molecule has 2 aromatic rings. The van der Waals surface area contributed by atoms with Crippen LogP contribution in [0, 0.1) is 11.3 Å². The summed E-state index contributed by atoms with van der Waals surface area (Å²) in [5.74, 6) is -0.447. The molecule has 1 saturated heterocycles. The SMILES string of the molecule is CN1C(=O)C(Cc2ccccc2)N(C)C(=O)C1=Cc1[nH]cnc1C#N. The van der Waals surface area contributed by atoms with Crippen LogP contribution >= 0.6 is 0 Å². The quantitative estimate of drug-likeness (QED) is 0.852. The molecule has 25 heavy (non-hydrogen) atoms. The van der Waals surface area contributed by atoms with E-state index < -0.39 is 6.04 Å². The van der Waals surface area contributed by atoms with E-state index in [1.807, 2.05) is 36.4 Å². The van der Waals surface area contributed by atoms with Gasteiger partial charge < -0.3 is 14.8 Å². The highest BCUT2D eigenvalue weighted by Gasteiger charge is 2.39. The number of benzene rings is 1. The zero-order valence-electron chi connectivity index (χ0n) is 13.9. The molecular weight excluding hydrogens is 318 g/mol. The molecule has 126 valence electrons. The van der Waals surface area contributed by atoms with Crippen LogP contribution in [0.25, 0.3) is 6.08 Å². The highest BCUT2D eigenvalue weighted by Crippen LogP contribution is 2.23. The Balaban J connectivity index is 1.91. The lowest BCUT2D eigenvalue weighted by Crippen LogP contribution is -2.56. The molecule has 1 aliphatic rings. The molecule has 0 bridgehead atoms. The predicted octanol–water partition coefficient (Wildman–Crippen LogP) is 1.16. The number of hydrogen-bond acceptors (Lipinski definition) is 4. The molecule has 1 unspecified atom stereocenters. The molecule has 2 amide bonds. The Labute approximate surface area is 145 Å². The molecule has 0 spiro atoms. The van der Waals surface area contributed by atoms with Crippen LogP contribution in [-0.4, -0.2) is 51.7 Å². The number of nitrogens with one attached hydrogen (secondary N) is 1. The number of nitrogens with zero attached hydrogens (tertiary/aromatic N) is 4. The molecule has 0 aliphatic carbocycles. The summed E-state index contributed by atoms with van der Waals surface area (Å²) in [5.41, 5.74) is 1.77. The van der Waals surface area contributed by atoms with Crippen molar-refractivity contribution in [2.75, 3.05) is 14.1 Å². The molecule has 0 radical (unpaired) electrons. The number of imidazole rings is 1. The fraction of sp³-hybridized carbons (Fsp3) is 0.222. The van der Waals surface area contributed by atoms with Crippen LogP contribution in [0.4, 0.5) is 0 Å². The first kappa shape index (κ1) is 16.5. The lowest BCUT2D eigenvalue weighted by Gasteiger charge is -2.38. The summed E-state index contributed by atoms with van der Waals surface area (Å²) in [4.78, 5) is 35.0. The number of aromatic nitrogens is 2. The van der Waals surface area contributed by atoms with Gasteiger partial charge in [-0.15, -0.1) is 0 Å². The maximum Gasteiger partial charge on any atom is 0.271 e. The van der Waals surface area contributed by atoms with E-state index in [9.17, 15) is 9.59 Å². The summed E-state index contributed by atoms with van der Waals surface area (Å²) in [5, 5.41) is 9.04. The first-order valence-corrected chi connectivity index (χ1v) is 7.76. The Morgan fingerprint density at radius 2 is 2.00 bits per heavy atom. The molecule has 1 N–H and O–H groups in total. The smallest absolute Gasteiger partial charge is 0.271 e. The van der Waals surface area contributed by atoms with E-state index in [4.69, 9.17) is 5.26 Å². The molecule has 7 heteroatoms. The summed E-state index contributed by atoms with van der Waals surface area (Å²) in [6, 6.07) is 11.0. The fourth-order valence-corrected chi connectivity index (χ4v) is 2.83. The number of carbonyl (C=O) groups is 2. The van der Waals surface area contributed by atoms with E-state index >= 15 is 0 Å². The average molecular weight is 335 g/mol. The number of carbonyl (C=O) groups excluding carboxylic acids is 2. The number of hydrogen-bond donors (Lipinski definition) is 1. The Morgan fingerprint density at radius 3 is 2.68 bits per heavy atom. The molecule has 1 aromatic heterocycles. The predicted molar refractivity (Wildman–Crippen MR) is 90.8 cm³/mol. The van der Waals surface area contributed by atoms with Crippen molar-refractivity contribution in [3.8, 4) is 6.07 Å².